The summed E-state index contributed by atoms with van der Waals surface area (Å²) in [6.45, 7) is 0. The molecule has 1 aliphatic rings. The lowest BCUT2D eigenvalue weighted by molar-refractivity contribution is -0.132. The number of rotatable bonds is 4. The van der Waals surface area contributed by atoms with Crippen LogP contribution in [0.25, 0.3) is 0 Å². The van der Waals surface area contributed by atoms with E-state index >= 15 is 0 Å². The second-order valence-corrected chi connectivity index (χ2v) is 6.18. The van der Waals surface area contributed by atoms with E-state index < -0.39 is 23.7 Å². The molecule has 140 valence electrons. The fourth-order valence-electron chi connectivity index (χ4n) is 3.00. The molecule has 0 bridgehead atoms. The average Bonchev–Trinajstić information content (AvgIpc) is 3.13. The number of benzene rings is 2. The molecule has 1 amide bonds. The number of carbonyl (C=O) groups is 2. The number of para-hydroxylation sites is 1. The minimum atomic E-state index is -1.17. The summed E-state index contributed by atoms with van der Waals surface area (Å²) in [6.07, 6.45) is 2.84. The fourth-order valence-corrected chi connectivity index (χ4v) is 3.00. The van der Waals surface area contributed by atoms with E-state index in [1.165, 1.54) is 29.1 Å². The largest absolute Gasteiger partial charge is 0.477 e. The first-order chi connectivity index (χ1) is 13.5. The third kappa shape index (κ3) is 3.23. The van der Waals surface area contributed by atoms with E-state index in [4.69, 9.17) is 0 Å². The van der Waals surface area contributed by atoms with Crippen molar-refractivity contribution in [2.75, 3.05) is 10.6 Å². The molecule has 0 spiro atoms. The standard InChI is InChI=1S/C20H15FN4O3/c21-13-8-6-12(7-9-13)17-10-16(20(27)28)24-18-15(11-22-25(17)18)19(26)23-14-4-2-1-3-5-14/h1-11,17,24H,(H,23,26)(H,27,28)/t17-/m0/s1. The van der Waals surface area contributed by atoms with Crippen LogP contribution in [0.4, 0.5) is 15.9 Å². The third-order valence-electron chi connectivity index (χ3n) is 4.35. The molecule has 0 saturated carbocycles. The summed E-state index contributed by atoms with van der Waals surface area (Å²) in [5, 5.41) is 19.2. The number of nitrogens with one attached hydrogen (secondary N) is 2. The highest BCUT2D eigenvalue weighted by atomic mass is 19.1. The maximum absolute atomic E-state index is 13.3. The summed E-state index contributed by atoms with van der Waals surface area (Å²) < 4.78 is 14.8. The van der Waals surface area contributed by atoms with E-state index in [-0.39, 0.29) is 17.1 Å². The van der Waals surface area contributed by atoms with Gasteiger partial charge in [0.05, 0.1) is 12.2 Å². The summed E-state index contributed by atoms with van der Waals surface area (Å²) in [7, 11) is 0. The second-order valence-electron chi connectivity index (χ2n) is 6.18. The minimum Gasteiger partial charge on any atom is -0.477 e. The van der Waals surface area contributed by atoms with Gasteiger partial charge in [-0.3, -0.25) is 4.79 Å². The molecule has 4 rings (SSSR count). The number of carboxylic acid groups (broad SMARTS) is 1. The molecule has 1 atom stereocenters. The minimum absolute atomic E-state index is 0.0870. The summed E-state index contributed by atoms with van der Waals surface area (Å²) in [5.74, 6) is -1.75. The zero-order valence-electron chi connectivity index (χ0n) is 14.5. The Balaban J connectivity index is 1.73. The molecule has 0 aliphatic carbocycles. The smallest absolute Gasteiger partial charge is 0.352 e. The zero-order valence-corrected chi connectivity index (χ0v) is 14.5. The highest BCUT2D eigenvalue weighted by Gasteiger charge is 2.29. The van der Waals surface area contributed by atoms with Gasteiger partial charge in [0.15, 0.2) is 0 Å². The van der Waals surface area contributed by atoms with Crippen LogP contribution in [0.15, 0.2) is 72.6 Å². The van der Waals surface area contributed by atoms with E-state index in [1.54, 1.807) is 36.4 Å². The Morgan fingerprint density at radius 3 is 2.50 bits per heavy atom. The maximum Gasteiger partial charge on any atom is 0.352 e. The predicted octanol–water partition coefficient (Wildman–Crippen LogP) is 3.26. The highest BCUT2D eigenvalue weighted by molar-refractivity contribution is 6.08. The van der Waals surface area contributed by atoms with Crippen molar-refractivity contribution in [1.82, 2.24) is 9.78 Å². The molecule has 3 N–H and O–H groups in total. The van der Waals surface area contributed by atoms with Crippen molar-refractivity contribution < 1.29 is 19.1 Å². The molecule has 1 aromatic heterocycles. The van der Waals surface area contributed by atoms with Crippen molar-refractivity contribution >= 4 is 23.4 Å². The molecule has 8 heteroatoms. The van der Waals surface area contributed by atoms with Crippen LogP contribution in [0.2, 0.25) is 0 Å². The lowest BCUT2D eigenvalue weighted by Crippen LogP contribution is -2.25. The van der Waals surface area contributed by atoms with Gasteiger partial charge in [0.2, 0.25) is 0 Å². The number of nitrogens with zero attached hydrogens (tertiary/aromatic N) is 2. The van der Waals surface area contributed by atoms with Gasteiger partial charge in [-0.2, -0.15) is 5.10 Å². The lowest BCUT2D eigenvalue weighted by Gasteiger charge is -2.24. The van der Waals surface area contributed by atoms with Gasteiger partial charge in [-0.15, -0.1) is 0 Å². The molecule has 0 radical (unpaired) electrons. The Hall–Kier alpha value is -3.94. The molecule has 7 nitrogen and oxygen atoms in total. The van der Waals surface area contributed by atoms with E-state index in [2.05, 4.69) is 15.7 Å². The van der Waals surface area contributed by atoms with E-state index in [0.717, 1.165) is 0 Å². The van der Waals surface area contributed by atoms with Crippen molar-refractivity contribution in [1.29, 1.82) is 0 Å². The predicted molar refractivity (Wildman–Crippen MR) is 101 cm³/mol. The van der Waals surface area contributed by atoms with Crippen molar-refractivity contribution in [3.63, 3.8) is 0 Å². The first-order valence-corrected chi connectivity index (χ1v) is 8.44. The normalized spacial score (nSPS) is 15.2. The number of fused-ring (bicyclic) bond motifs is 1. The van der Waals surface area contributed by atoms with Gasteiger partial charge in [-0.05, 0) is 35.9 Å². The van der Waals surface area contributed by atoms with Gasteiger partial charge in [-0.1, -0.05) is 30.3 Å². The molecule has 1 aliphatic heterocycles. The van der Waals surface area contributed by atoms with Gasteiger partial charge in [-0.25, -0.2) is 13.9 Å². The fraction of sp³-hybridized carbons (Fsp3) is 0.0500. The topological polar surface area (TPSA) is 96.2 Å². The van der Waals surface area contributed by atoms with Crippen LogP contribution >= 0.6 is 0 Å². The van der Waals surface area contributed by atoms with E-state index in [1.807, 2.05) is 6.07 Å². The number of aliphatic carboxylic acids is 1. The number of halogens is 1. The van der Waals surface area contributed by atoms with Crippen molar-refractivity contribution in [2.45, 2.75) is 6.04 Å². The molecule has 2 heterocycles. The molecule has 0 saturated heterocycles. The molecule has 28 heavy (non-hydrogen) atoms. The molecular formula is C20H15FN4O3. The highest BCUT2D eigenvalue weighted by Crippen LogP contribution is 2.32. The summed E-state index contributed by atoms with van der Waals surface area (Å²) >= 11 is 0. The van der Waals surface area contributed by atoms with Crippen molar-refractivity contribution in [3.8, 4) is 0 Å². The second kappa shape index (κ2) is 6.99. The number of allylic oxidation sites excluding steroid dienone is 1. The zero-order chi connectivity index (χ0) is 19.7. The van der Waals surface area contributed by atoms with Gasteiger partial charge in [0.25, 0.3) is 5.91 Å². The van der Waals surface area contributed by atoms with Gasteiger partial charge >= 0.3 is 5.97 Å². The molecule has 3 aromatic rings. The first kappa shape index (κ1) is 17.5. The van der Waals surface area contributed by atoms with Crippen LogP contribution in [0, 0.1) is 5.82 Å². The number of hydrogen-bond acceptors (Lipinski definition) is 4. The molecule has 2 aromatic carbocycles. The number of carbonyl (C=O) groups excluding carboxylic acids is 1. The van der Waals surface area contributed by atoms with Crippen molar-refractivity contribution in [3.05, 3.63) is 89.5 Å². The first-order valence-electron chi connectivity index (χ1n) is 8.44. The van der Waals surface area contributed by atoms with Crippen LogP contribution < -0.4 is 10.6 Å². The molecule has 0 unspecified atom stereocenters. The number of amides is 1. The Bertz CT molecular complexity index is 1070. The van der Waals surface area contributed by atoms with Crippen LogP contribution in [0.5, 0.6) is 0 Å². The number of anilines is 2. The van der Waals surface area contributed by atoms with Crippen LogP contribution in [-0.4, -0.2) is 26.8 Å². The molecule has 0 fully saturated rings. The monoisotopic (exact) mass is 378 g/mol. The van der Waals surface area contributed by atoms with E-state index in [9.17, 15) is 19.1 Å². The number of aromatic nitrogens is 2. The average molecular weight is 378 g/mol. The summed E-state index contributed by atoms with van der Waals surface area (Å²) in [5.41, 5.74) is 1.35. The van der Waals surface area contributed by atoms with Crippen LogP contribution in [-0.2, 0) is 4.79 Å². The lowest BCUT2D eigenvalue weighted by atomic mass is 10.0. The maximum atomic E-state index is 13.3. The third-order valence-corrected chi connectivity index (χ3v) is 4.35. The number of carboxylic acids is 1. The Morgan fingerprint density at radius 2 is 1.82 bits per heavy atom. The quantitative estimate of drug-likeness (QED) is 0.648. The Morgan fingerprint density at radius 1 is 1.11 bits per heavy atom. The van der Waals surface area contributed by atoms with Crippen molar-refractivity contribution in [2.24, 2.45) is 0 Å². The SMILES string of the molecule is O=C(O)C1=C[C@@H](c2ccc(F)cc2)n2ncc(C(=O)Nc3ccccc3)c2N1. The van der Waals surface area contributed by atoms with Crippen LogP contribution in [0.1, 0.15) is 22.0 Å². The van der Waals surface area contributed by atoms with Gasteiger partial charge < -0.3 is 15.7 Å². The van der Waals surface area contributed by atoms with Gasteiger partial charge in [0.1, 0.15) is 22.9 Å². The van der Waals surface area contributed by atoms with Gasteiger partial charge in [0, 0.05) is 5.69 Å². The Kier molecular flexibility index (Phi) is 4.36. The summed E-state index contributed by atoms with van der Waals surface area (Å²) in [6, 6.07) is 14.0. The Labute approximate surface area is 159 Å². The number of hydrogen-bond donors (Lipinski definition) is 3. The summed E-state index contributed by atoms with van der Waals surface area (Å²) in [4.78, 5) is 24.3. The molecular weight excluding hydrogens is 363 g/mol. The van der Waals surface area contributed by atoms with E-state index in [0.29, 0.717) is 11.3 Å². The van der Waals surface area contributed by atoms with Crippen LogP contribution in [0.3, 0.4) is 0 Å².